The molecule has 3 fully saturated rings. The average Bonchev–Trinajstić information content (AvgIpc) is 2.55. The van der Waals surface area contributed by atoms with Gasteiger partial charge in [0.25, 0.3) is 0 Å². The molecule has 108 valence electrons. The zero-order valence-corrected chi connectivity index (χ0v) is 12.2. The molecule has 2 aromatic rings. The lowest BCUT2D eigenvalue weighted by Crippen LogP contribution is -2.67. The molecule has 3 aliphatic heterocycles. The van der Waals surface area contributed by atoms with Crippen LogP contribution in [0.3, 0.4) is 0 Å². The van der Waals surface area contributed by atoms with E-state index in [0.29, 0.717) is 12.1 Å². The maximum Gasteiger partial charge on any atom is 0.132 e. The fraction of sp³-hybridized carbons (Fsp3) is 0.353. The van der Waals surface area contributed by atoms with Gasteiger partial charge in [0.05, 0.1) is 11.9 Å². The second-order valence-corrected chi connectivity index (χ2v) is 5.97. The van der Waals surface area contributed by atoms with Crippen LogP contribution < -0.4 is 15.1 Å². The van der Waals surface area contributed by atoms with E-state index < -0.39 is 0 Å². The molecule has 0 radical (unpaired) electrons. The van der Waals surface area contributed by atoms with Gasteiger partial charge in [-0.2, -0.15) is 0 Å². The Hall–Kier alpha value is -2.07. The number of piperazine rings is 1. The molecule has 3 saturated heterocycles. The van der Waals surface area contributed by atoms with Crippen molar-refractivity contribution in [2.24, 2.45) is 0 Å². The monoisotopic (exact) mass is 280 g/mol. The standard InChI is InChI=1S/C17H20N4/c1-20(15-5-3-2-4-6-15)17-8-7-16(10-18-17)21-11-13-9-14(12-21)19-13/h2-8,10,13-14,19H,9,11-12H2,1H3. The maximum atomic E-state index is 4.63. The van der Waals surface area contributed by atoms with Crippen molar-refractivity contribution in [2.75, 3.05) is 29.9 Å². The molecule has 1 aromatic carbocycles. The second kappa shape index (κ2) is 5.04. The van der Waals surface area contributed by atoms with Crippen molar-refractivity contribution in [3.05, 3.63) is 48.7 Å². The number of aromatic nitrogens is 1. The number of hydrogen-bond acceptors (Lipinski definition) is 4. The lowest BCUT2D eigenvalue weighted by molar-refractivity contribution is 0.226. The van der Waals surface area contributed by atoms with Gasteiger partial charge in [-0.05, 0) is 30.7 Å². The molecule has 2 atom stereocenters. The van der Waals surface area contributed by atoms with Gasteiger partial charge >= 0.3 is 0 Å². The van der Waals surface area contributed by atoms with E-state index in [4.69, 9.17) is 0 Å². The molecular weight excluding hydrogens is 260 g/mol. The minimum atomic E-state index is 0.676. The summed E-state index contributed by atoms with van der Waals surface area (Å²) in [6.45, 7) is 2.21. The van der Waals surface area contributed by atoms with Gasteiger partial charge in [-0.1, -0.05) is 18.2 Å². The molecule has 4 heterocycles. The summed E-state index contributed by atoms with van der Waals surface area (Å²) >= 11 is 0. The number of piperidine rings is 1. The number of nitrogens with zero attached hydrogens (tertiary/aromatic N) is 3. The van der Waals surface area contributed by atoms with Gasteiger partial charge in [-0.3, -0.25) is 0 Å². The van der Waals surface area contributed by atoms with Crippen molar-refractivity contribution >= 4 is 17.2 Å². The Labute approximate surface area is 125 Å². The van der Waals surface area contributed by atoms with Crippen LogP contribution in [0.5, 0.6) is 0 Å². The lowest BCUT2D eigenvalue weighted by Gasteiger charge is -2.49. The third-order valence-corrected chi connectivity index (χ3v) is 4.51. The SMILES string of the molecule is CN(c1ccccc1)c1ccc(N2CC3CC(C2)N3)cn1. The van der Waals surface area contributed by atoms with Crippen LogP contribution in [0.4, 0.5) is 17.2 Å². The molecule has 2 bridgehead atoms. The number of rotatable bonds is 3. The highest BCUT2D eigenvalue weighted by atomic mass is 15.3. The lowest BCUT2D eigenvalue weighted by atomic mass is 9.91. The molecule has 4 heteroatoms. The highest BCUT2D eigenvalue weighted by Crippen LogP contribution is 2.27. The molecule has 0 amide bonds. The van der Waals surface area contributed by atoms with Crippen molar-refractivity contribution in [3.63, 3.8) is 0 Å². The summed E-state index contributed by atoms with van der Waals surface area (Å²) in [7, 11) is 2.05. The molecule has 5 rings (SSSR count). The van der Waals surface area contributed by atoms with Crippen LogP contribution in [-0.2, 0) is 0 Å². The molecule has 1 aromatic heterocycles. The first-order chi connectivity index (χ1) is 10.3. The van der Waals surface area contributed by atoms with Gasteiger partial charge in [0.1, 0.15) is 5.82 Å². The van der Waals surface area contributed by atoms with Gasteiger partial charge in [-0.15, -0.1) is 0 Å². The Morgan fingerprint density at radius 3 is 2.43 bits per heavy atom. The summed E-state index contributed by atoms with van der Waals surface area (Å²) in [5.41, 5.74) is 2.39. The Morgan fingerprint density at radius 2 is 1.81 bits per heavy atom. The first-order valence-corrected chi connectivity index (χ1v) is 7.55. The molecule has 1 N–H and O–H groups in total. The van der Waals surface area contributed by atoms with Crippen LogP contribution in [0.2, 0.25) is 0 Å². The zero-order chi connectivity index (χ0) is 14.2. The Kier molecular flexibility index (Phi) is 3.04. The van der Waals surface area contributed by atoms with Crippen LogP contribution in [-0.4, -0.2) is 37.2 Å². The largest absolute Gasteiger partial charge is 0.367 e. The van der Waals surface area contributed by atoms with Gasteiger partial charge < -0.3 is 15.1 Å². The third kappa shape index (κ3) is 2.36. The predicted molar refractivity (Wildman–Crippen MR) is 86.3 cm³/mol. The fourth-order valence-corrected chi connectivity index (χ4v) is 3.27. The van der Waals surface area contributed by atoms with Crippen LogP contribution in [0.15, 0.2) is 48.7 Å². The van der Waals surface area contributed by atoms with Crippen molar-refractivity contribution in [1.29, 1.82) is 0 Å². The molecule has 0 saturated carbocycles. The summed E-state index contributed by atoms with van der Waals surface area (Å²) in [6, 6.07) is 16.0. The van der Waals surface area contributed by atoms with E-state index in [-0.39, 0.29) is 0 Å². The van der Waals surface area contributed by atoms with Crippen LogP contribution in [0.25, 0.3) is 0 Å². The van der Waals surface area contributed by atoms with Crippen LogP contribution in [0.1, 0.15) is 6.42 Å². The Balaban J connectivity index is 1.51. The summed E-state index contributed by atoms with van der Waals surface area (Å²) in [4.78, 5) is 9.18. The predicted octanol–water partition coefficient (Wildman–Crippen LogP) is 2.40. The molecule has 0 spiro atoms. The third-order valence-electron chi connectivity index (χ3n) is 4.51. The van der Waals surface area contributed by atoms with E-state index in [9.17, 15) is 0 Å². The van der Waals surface area contributed by atoms with E-state index in [2.05, 4.69) is 51.4 Å². The normalized spacial score (nSPS) is 23.6. The van der Waals surface area contributed by atoms with E-state index in [1.54, 1.807) is 0 Å². The Morgan fingerprint density at radius 1 is 1.10 bits per heavy atom. The van der Waals surface area contributed by atoms with Crippen molar-refractivity contribution < 1.29 is 0 Å². The number of para-hydroxylation sites is 1. The van der Waals surface area contributed by atoms with Crippen molar-refractivity contribution in [2.45, 2.75) is 18.5 Å². The number of pyridine rings is 1. The van der Waals surface area contributed by atoms with Gasteiger partial charge in [-0.25, -0.2) is 4.98 Å². The van der Waals surface area contributed by atoms with Gasteiger partial charge in [0, 0.05) is 37.9 Å². The smallest absolute Gasteiger partial charge is 0.132 e. The second-order valence-electron chi connectivity index (χ2n) is 5.97. The molecule has 0 aliphatic carbocycles. The zero-order valence-electron chi connectivity index (χ0n) is 12.2. The van der Waals surface area contributed by atoms with Crippen molar-refractivity contribution in [3.8, 4) is 0 Å². The van der Waals surface area contributed by atoms with Crippen LogP contribution >= 0.6 is 0 Å². The first kappa shape index (κ1) is 12.7. The van der Waals surface area contributed by atoms with Gasteiger partial charge in [0.15, 0.2) is 0 Å². The maximum absolute atomic E-state index is 4.63. The minimum absolute atomic E-state index is 0.676. The average molecular weight is 280 g/mol. The molecule has 4 nitrogen and oxygen atoms in total. The summed E-state index contributed by atoms with van der Waals surface area (Å²) < 4.78 is 0. The van der Waals surface area contributed by atoms with Crippen molar-refractivity contribution in [1.82, 2.24) is 10.3 Å². The first-order valence-electron chi connectivity index (χ1n) is 7.55. The number of anilines is 3. The fourth-order valence-electron chi connectivity index (χ4n) is 3.27. The van der Waals surface area contributed by atoms with Gasteiger partial charge in [0.2, 0.25) is 0 Å². The van der Waals surface area contributed by atoms with E-state index in [1.807, 2.05) is 24.4 Å². The number of benzene rings is 1. The Bertz CT molecular complexity index is 594. The van der Waals surface area contributed by atoms with Crippen LogP contribution in [0, 0.1) is 0 Å². The summed E-state index contributed by atoms with van der Waals surface area (Å²) in [6.07, 6.45) is 3.33. The highest BCUT2D eigenvalue weighted by molar-refractivity contribution is 5.61. The molecule has 3 aliphatic rings. The quantitative estimate of drug-likeness (QED) is 0.935. The topological polar surface area (TPSA) is 31.4 Å². The number of nitrogens with one attached hydrogen (secondary N) is 1. The highest BCUT2D eigenvalue weighted by Gasteiger charge is 2.36. The number of hydrogen-bond donors (Lipinski definition) is 1. The number of fused-ring (bicyclic) bond motifs is 2. The minimum Gasteiger partial charge on any atom is -0.367 e. The molecular formula is C17H20N4. The molecule has 2 unspecified atom stereocenters. The van der Waals surface area contributed by atoms with E-state index >= 15 is 0 Å². The van der Waals surface area contributed by atoms with E-state index in [0.717, 1.165) is 24.6 Å². The summed E-state index contributed by atoms with van der Waals surface area (Å²) in [5, 5.41) is 3.56. The summed E-state index contributed by atoms with van der Waals surface area (Å²) in [5.74, 6) is 0.977. The molecule has 21 heavy (non-hydrogen) atoms. The van der Waals surface area contributed by atoms with E-state index in [1.165, 1.54) is 12.1 Å².